The third-order valence-corrected chi connectivity index (χ3v) is 6.91. The standard InChI is InChI=1S/C26H30F2N2O2/c27-23-5-1-19(2-6-23)25(31)21-9-13-29(14-10-21)17-18-30-15-11-22(12-16-30)26(32)20-3-7-24(28)8-4-20/h1-8,21-22H,9-18H2. The number of hydrogen-bond donors (Lipinski definition) is 0. The first kappa shape index (κ1) is 22.7. The third kappa shape index (κ3) is 5.67. The van der Waals surface area contributed by atoms with Crippen molar-refractivity contribution in [1.29, 1.82) is 0 Å². The summed E-state index contributed by atoms with van der Waals surface area (Å²) >= 11 is 0. The van der Waals surface area contributed by atoms with Crippen molar-refractivity contribution >= 4 is 11.6 Å². The van der Waals surface area contributed by atoms with Crippen LogP contribution in [-0.2, 0) is 0 Å². The molecular weight excluding hydrogens is 410 g/mol. The van der Waals surface area contributed by atoms with Crippen LogP contribution in [0.3, 0.4) is 0 Å². The Bertz CT molecular complexity index is 836. The van der Waals surface area contributed by atoms with Crippen molar-refractivity contribution in [3.8, 4) is 0 Å². The van der Waals surface area contributed by atoms with Gasteiger partial charge in [-0.3, -0.25) is 9.59 Å². The fraction of sp³-hybridized carbons (Fsp3) is 0.462. The summed E-state index contributed by atoms with van der Waals surface area (Å²) in [5.74, 6) is -0.356. The topological polar surface area (TPSA) is 40.6 Å². The van der Waals surface area contributed by atoms with E-state index < -0.39 is 0 Å². The second-order valence-corrected chi connectivity index (χ2v) is 8.97. The van der Waals surface area contributed by atoms with Crippen molar-refractivity contribution in [2.24, 2.45) is 11.8 Å². The molecular formula is C26H30F2N2O2. The Morgan fingerprint density at radius 3 is 1.25 bits per heavy atom. The van der Waals surface area contributed by atoms with Crippen LogP contribution in [-0.4, -0.2) is 60.6 Å². The number of benzene rings is 2. The molecule has 2 saturated heterocycles. The van der Waals surface area contributed by atoms with Gasteiger partial charge in [0.25, 0.3) is 0 Å². The van der Waals surface area contributed by atoms with E-state index in [-0.39, 0.29) is 35.0 Å². The lowest BCUT2D eigenvalue weighted by molar-refractivity contribution is 0.0780. The average molecular weight is 441 g/mol. The van der Waals surface area contributed by atoms with E-state index in [1.54, 1.807) is 24.3 Å². The van der Waals surface area contributed by atoms with Gasteiger partial charge in [-0.15, -0.1) is 0 Å². The summed E-state index contributed by atoms with van der Waals surface area (Å²) < 4.78 is 26.2. The lowest BCUT2D eigenvalue weighted by Crippen LogP contribution is -2.43. The van der Waals surface area contributed by atoms with Gasteiger partial charge >= 0.3 is 0 Å². The van der Waals surface area contributed by atoms with Crippen LogP contribution in [0.25, 0.3) is 0 Å². The molecule has 0 radical (unpaired) electrons. The smallest absolute Gasteiger partial charge is 0.166 e. The number of piperidine rings is 2. The second-order valence-electron chi connectivity index (χ2n) is 8.97. The third-order valence-electron chi connectivity index (χ3n) is 6.91. The van der Waals surface area contributed by atoms with Gasteiger partial charge in [0.15, 0.2) is 11.6 Å². The summed E-state index contributed by atoms with van der Waals surface area (Å²) in [6, 6.07) is 11.7. The van der Waals surface area contributed by atoms with Crippen molar-refractivity contribution < 1.29 is 18.4 Å². The maximum atomic E-state index is 13.1. The highest BCUT2D eigenvalue weighted by atomic mass is 19.1. The number of nitrogens with zero attached hydrogens (tertiary/aromatic N) is 2. The fourth-order valence-electron chi connectivity index (χ4n) is 4.82. The van der Waals surface area contributed by atoms with Crippen LogP contribution in [0.5, 0.6) is 0 Å². The molecule has 0 amide bonds. The highest BCUT2D eigenvalue weighted by Gasteiger charge is 2.28. The van der Waals surface area contributed by atoms with Crippen molar-refractivity contribution in [3.05, 3.63) is 71.3 Å². The van der Waals surface area contributed by atoms with Gasteiger partial charge in [-0.1, -0.05) is 0 Å². The van der Waals surface area contributed by atoms with Crippen molar-refractivity contribution in [2.75, 3.05) is 39.3 Å². The van der Waals surface area contributed by atoms with Gasteiger partial charge in [-0.05, 0) is 100 Å². The van der Waals surface area contributed by atoms with E-state index in [0.717, 1.165) is 65.0 Å². The van der Waals surface area contributed by atoms with Crippen LogP contribution in [0.15, 0.2) is 48.5 Å². The molecule has 170 valence electrons. The predicted molar refractivity (Wildman–Crippen MR) is 120 cm³/mol. The predicted octanol–water partition coefficient (Wildman–Crippen LogP) is 4.45. The van der Waals surface area contributed by atoms with Crippen LogP contribution in [0.4, 0.5) is 8.78 Å². The number of likely N-dealkylation sites (tertiary alicyclic amines) is 2. The van der Waals surface area contributed by atoms with Crippen LogP contribution >= 0.6 is 0 Å². The fourth-order valence-corrected chi connectivity index (χ4v) is 4.82. The molecule has 6 heteroatoms. The summed E-state index contributed by atoms with van der Waals surface area (Å²) in [7, 11) is 0. The van der Waals surface area contributed by atoms with Crippen LogP contribution in [0.1, 0.15) is 46.4 Å². The molecule has 0 spiro atoms. The normalized spacial score (nSPS) is 19.2. The molecule has 0 bridgehead atoms. The highest BCUT2D eigenvalue weighted by molar-refractivity contribution is 5.98. The van der Waals surface area contributed by atoms with E-state index in [2.05, 4.69) is 9.80 Å². The Kier molecular flexibility index (Phi) is 7.43. The monoisotopic (exact) mass is 440 g/mol. The van der Waals surface area contributed by atoms with Crippen molar-refractivity contribution in [3.63, 3.8) is 0 Å². The molecule has 0 aliphatic carbocycles. The van der Waals surface area contributed by atoms with E-state index in [4.69, 9.17) is 0 Å². The average Bonchev–Trinajstić information content (AvgIpc) is 2.83. The summed E-state index contributed by atoms with van der Waals surface area (Å²) in [5.41, 5.74) is 1.20. The molecule has 4 nitrogen and oxygen atoms in total. The van der Waals surface area contributed by atoms with Crippen LogP contribution < -0.4 is 0 Å². The van der Waals surface area contributed by atoms with Crippen molar-refractivity contribution in [1.82, 2.24) is 9.80 Å². The first-order valence-electron chi connectivity index (χ1n) is 11.5. The maximum Gasteiger partial charge on any atom is 0.166 e. The molecule has 2 heterocycles. The SMILES string of the molecule is O=C(c1ccc(F)cc1)C1CCN(CCN2CCC(C(=O)c3ccc(F)cc3)CC2)CC1. The molecule has 0 unspecified atom stereocenters. The van der Waals surface area contributed by atoms with Gasteiger partial charge in [-0.2, -0.15) is 0 Å². The summed E-state index contributed by atoms with van der Waals surface area (Å²) in [6.07, 6.45) is 3.35. The Hall–Kier alpha value is -2.44. The number of carbonyl (C=O) groups excluding carboxylic acids is 2. The Labute approximate surface area is 188 Å². The molecule has 2 aromatic carbocycles. The minimum atomic E-state index is -0.319. The second kappa shape index (κ2) is 10.5. The minimum Gasteiger partial charge on any atom is -0.302 e. The van der Waals surface area contributed by atoms with Crippen molar-refractivity contribution in [2.45, 2.75) is 25.7 Å². The molecule has 32 heavy (non-hydrogen) atoms. The quantitative estimate of drug-likeness (QED) is 0.597. The molecule has 0 aromatic heterocycles. The Balaban J connectivity index is 1.17. The van der Waals surface area contributed by atoms with Gasteiger partial charge in [0.1, 0.15) is 11.6 Å². The Morgan fingerprint density at radius 2 is 0.938 bits per heavy atom. The molecule has 2 aliphatic heterocycles. The van der Waals surface area contributed by atoms with Gasteiger partial charge in [-0.25, -0.2) is 8.78 Å². The highest BCUT2D eigenvalue weighted by Crippen LogP contribution is 2.24. The van der Waals surface area contributed by atoms with Gasteiger partial charge in [0.2, 0.25) is 0 Å². The van der Waals surface area contributed by atoms with Crippen LogP contribution in [0.2, 0.25) is 0 Å². The minimum absolute atomic E-state index is 0.0185. The number of Topliss-reactive ketones (excluding diaryl/α,β-unsaturated/α-hetero) is 2. The molecule has 2 fully saturated rings. The van der Waals surface area contributed by atoms with E-state index in [1.807, 2.05) is 0 Å². The summed E-state index contributed by atoms with van der Waals surface area (Å²) in [6.45, 7) is 5.53. The number of carbonyl (C=O) groups is 2. The van der Waals surface area contributed by atoms with E-state index in [1.165, 1.54) is 24.3 Å². The molecule has 2 aliphatic rings. The zero-order valence-electron chi connectivity index (χ0n) is 18.3. The molecule has 0 N–H and O–H groups in total. The lowest BCUT2D eigenvalue weighted by atomic mass is 9.88. The van der Waals surface area contributed by atoms with Gasteiger partial charge < -0.3 is 9.80 Å². The lowest BCUT2D eigenvalue weighted by Gasteiger charge is -2.35. The van der Waals surface area contributed by atoms with Crippen LogP contribution in [0, 0.1) is 23.5 Å². The molecule has 0 saturated carbocycles. The molecule has 0 atom stereocenters. The molecule has 4 rings (SSSR count). The number of hydrogen-bond acceptors (Lipinski definition) is 4. The van der Waals surface area contributed by atoms with E-state index >= 15 is 0 Å². The first-order valence-corrected chi connectivity index (χ1v) is 11.5. The molecule has 2 aromatic rings. The Morgan fingerprint density at radius 1 is 0.625 bits per heavy atom. The first-order chi connectivity index (χ1) is 15.5. The zero-order valence-corrected chi connectivity index (χ0v) is 18.3. The van der Waals surface area contributed by atoms with E-state index in [9.17, 15) is 18.4 Å². The summed E-state index contributed by atoms with van der Waals surface area (Å²) in [5, 5.41) is 0. The van der Waals surface area contributed by atoms with E-state index in [0.29, 0.717) is 11.1 Å². The van der Waals surface area contributed by atoms with Gasteiger partial charge in [0, 0.05) is 36.1 Å². The largest absolute Gasteiger partial charge is 0.302 e. The number of rotatable bonds is 7. The zero-order chi connectivity index (χ0) is 22.5. The maximum absolute atomic E-state index is 13.1. The number of ketones is 2. The van der Waals surface area contributed by atoms with Gasteiger partial charge in [0.05, 0.1) is 0 Å². The number of halogens is 2. The summed E-state index contributed by atoms with van der Waals surface area (Å²) in [4.78, 5) is 30.1.